The SMILES string of the molecule is CC(=O)CC(C)c1ccc(OC2CN(c3ncc(Br)cn3)C2)cc1. The molecule has 1 aromatic carbocycles. The van der Waals surface area contributed by atoms with E-state index in [1.165, 1.54) is 0 Å². The minimum Gasteiger partial charge on any atom is -0.487 e. The molecule has 0 amide bonds. The van der Waals surface area contributed by atoms with Crippen LogP contribution in [0.3, 0.4) is 0 Å². The summed E-state index contributed by atoms with van der Waals surface area (Å²) in [6.45, 7) is 5.26. The first-order valence-corrected chi connectivity index (χ1v) is 8.79. The number of Topliss-reactive ketones (excluding diaryl/α,β-unsaturated/α-hetero) is 1. The van der Waals surface area contributed by atoms with Crippen molar-refractivity contribution in [2.75, 3.05) is 18.0 Å². The maximum Gasteiger partial charge on any atom is 0.225 e. The standard InChI is InChI=1S/C18H20BrN3O2/c1-12(7-13(2)23)14-3-5-16(6-4-14)24-17-10-22(11-17)18-20-8-15(19)9-21-18/h3-6,8-9,12,17H,7,10-11H2,1-2H3. The van der Waals surface area contributed by atoms with E-state index in [9.17, 15) is 4.79 Å². The van der Waals surface area contributed by atoms with Crippen LogP contribution in [-0.4, -0.2) is 34.9 Å². The lowest BCUT2D eigenvalue weighted by atomic mass is 9.96. The number of nitrogens with zero attached hydrogens (tertiary/aromatic N) is 3. The smallest absolute Gasteiger partial charge is 0.225 e. The highest BCUT2D eigenvalue weighted by molar-refractivity contribution is 9.10. The van der Waals surface area contributed by atoms with E-state index in [0.29, 0.717) is 6.42 Å². The van der Waals surface area contributed by atoms with E-state index in [1.54, 1.807) is 19.3 Å². The van der Waals surface area contributed by atoms with Crippen LogP contribution in [0, 0.1) is 0 Å². The molecular formula is C18H20BrN3O2. The van der Waals surface area contributed by atoms with Gasteiger partial charge in [0, 0.05) is 18.8 Å². The van der Waals surface area contributed by atoms with Crippen LogP contribution in [0.4, 0.5) is 5.95 Å². The van der Waals surface area contributed by atoms with Gasteiger partial charge in [0.05, 0.1) is 17.6 Å². The molecule has 5 nitrogen and oxygen atoms in total. The monoisotopic (exact) mass is 389 g/mol. The number of rotatable bonds is 6. The van der Waals surface area contributed by atoms with E-state index < -0.39 is 0 Å². The Balaban J connectivity index is 1.51. The van der Waals surface area contributed by atoms with Gasteiger partial charge in [0.2, 0.25) is 5.95 Å². The predicted molar refractivity (Wildman–Crippen MR) is 96.5 cm³/mol. The van der Waals surface area contributed by atoms with Crippen LogP contribution in [0.2, 0.25) is 0 Å². The van der Waals surface area contributed by atoms with Gasteiger partial charge in [-0.25, -0.2) is 9.97 Å². The van der Waals surface area contributed by atoms with E-state index in [2.05, 4.69) is 37.7 Å². The highest BCUT2D eigenvalue weighted by atomic mass is 79.9. The number of ketones is 1. The first-order valence-electron chi connectivity index (χ1n) is 8.00. The van der Waals surface area contributed by atoms with E-state index in [-0.39, 0.29) is 17.8 Å². The highest BCUT2D eigenvalue weighted by Crippen LogP contribution is 2.25. The van der Waals surface area contributed by atoms with E-state index >= 15 is 0 Å². The maximum absolute atomic E-state index is 11.2. The quantitative estimate of drug-likeness (QED) is 0.755. The number of anilines is 1. The molecule has 6 heteroatoms. The molecule has 2 aromatic rings. The van der Waals surface area contributed by atoms with Gasteiger partial charge in [0.1, 0.15) is 17.6 Å². The molecule has 1 aliphatic rings. The van der Waals surface area contributed by atoms with Crippen molar-refractivity contribution in [2.45, 2.75) is 32.3 Å². The topological polar surface area (TPSA) is 55.3 Å². The van der Waals surface area contributed by atoms with Crippen LogP contribution in [0.5, 0.6) is 5.75 Å². The summed E-state index contributed by atoms with van der Waals surface area (Å²) in [7, 11) is 0. The van der Waals surface area contributed by atoms with Crippen LogP contribution in [-0.2, 0) is 4.79 Å². The van der Waals surface area contributed by atoms with Gasteiger partial charge in [0.15, 0.2) is 0 Å². The summed E-state index contributed by atoms with van der Waals surface area (Å²) in [5.74, 6) is 2.04. The zero-order chi connectivity index (χ0) is 17.1. The molecule has 0 radical (unpaired) electrons. The van der Waals surface area contributed by atoms with Gasteiger partial charge >= 0.3 is 0 Å². The number of hydrogen-bond donors (Lipinski definition) is 0. The second-order valence-electron chi connectivity index (χ2n) is 6.22. The minimum absolute atomic E-state index is 0.151. The molecule has 0 saturated carbocycles. The molecule has 1 aliphatic heterocycles. The molecule has 1 saturated heterocycles. The summed E-state index contributed by atoms with van der Waals surface area (Å²) in [5, 5.41) is 0. The number of carbonyl (C=O) groups excluding carboxylic acids is 1. The molecular weight excluding hydrogens is 370 g/mol. The molecule has 3 rings (SSSR count). The van der Waals surface area contributed by atoms with Gasteiger partial charge in [-0.1, -0.05) is 19.1 Å². The summed E-state index contributed by atoms with van der Waals surface area (Å²) < 4.78 is 6.84. The number of hydrogen-bond acceptors (Lipinski definition) is 5. The molecule has 0 spiro atoms. The zero-order valence-corrected chi connectivity index (χ0v) is 15.4. The van der Waals surface area contributed by atoms with Crippen LogP contribution in [0.15, 0.2) is 41.1 Å². The second kappa shape index (κ2) is 7.30. The maximum atomic E-state index is 11.2. The molecule has 1 aromatic heterocycles. The first-order chi connectivity index (χ1) is 11.5. The van der Waals surface area contributed by atoms with Gasteiger partial charge in [-0.15, -0.1) is 0 Å². The molecule has 1 atom stereocenters. The van der Waals surface area contributed by atoms with Gasteiger partial charge < -0.3 is 14.4 Å². The zero-order valence-electron chi connectivity index (χ0n) is 13.8. The van der Waals surface area contributed by atoms with Crippen molar-refractivity contribution in [1.29, 1.82) is 0 Å². The van der Waals surface area contributed by atoms with Crippen molar-refractivity contribution >= 4 is 27.7 Å². The molecule has 0 N–H and O–H groups in total. The third kappa shape index (κ3) is 4.12. The van der Waals surface area contributed by atoms with Crippen molar-refractivity contribution < 1.29 is 9.53 Å². The Morgan fingerprint density at radius 1 is 1.29 bits per heavy atom. The minimum atomic E-state index is 0.151. The van der Waals surface area contributed by atoms with Crippen molar-refractivity contribution in [2.24, 2.45) is 0 Å². The first kappa shape index (κ1) is 16.9. The van der Waals surface area contributed by atoms with Crippen LogP contribution >= 0.6 is 15.9 Å². The third-order valence-corrected chi connectivity index (χ3v) is 4.49. The summed E-state index contributed by atoms with van der Waals surface area (Å²) in [6, 6.07) is 8.03. The summed E-state index contributed by atoms with van der Waals surface area (Å²) in [4.78, 5) is 21.9. The lowest BCUT2D eigenvalue weighted by molar-refractivity contribution is -0.117. The summed E-state index contributed by atoms with van der Waals surface area (Å²) in [5.41, 5.74) is 1.16. The van der Waals surface area contributed by atoms with Crippen molar-refractivity contribution in [3.8, 4) is 5.75 Å². The fourth-order valence-electron chi connectivity index (χ4n) is 2.76. The Morgan fingerprint density at radius 2 is 1.92 bits per heavy atom. The average Bonchev–Trinajstić information content (AvgIpc) is 2.51. The molecule has 2 heterocycles. The average molecular weight is 390 g/mol. The fraction of sp³-hybridized carbons (Fsp3) is 0.389. The number of benzene rings is 1. The Morgan fingerprint density at radius 3 is 2.50 bits per heavy atom. The van der Waals surface area contributed by atoms with Crippen LogP contribution in [0.1, 0.15) is 31.7 Å². The van der Waals surface area contributed by atoms with E-state index in [1.807, 2.05) is 24.3 Å². The Bertz CT molecular complexity index is 697. The van der Waals surface area contributed by atoms with E-state index in [0.717, 1.165) is 34.8 Å². The lowest BCUT2D eigenvalue weighted by Gasteiger charge is -2.38. The summed E-state index contributed by atoms with van der Waals surface area (Å²) >= 11 is 3.33. The van der Waals surface area contributed by atoms with Gasteiger partial charge in [-0.2, -0.15) is 0 Å². The molecule has 24 heavy (non-hydrogen) atoms. The van der Waals surface area contributed by atoms with E-state index in [4.69, 9.17) is 4.74 Å². The van der Waals surface area contributed by atoms with Crippen LogP contribution < -0.4 is 9.64 Å². The van der Waals surface area contributed by atoms with Crippen molar-refractivity contribution in [3.05, 3.63) is 46.7 Å². The molecule has 126 valence electrons. The molecule has 0 bridgehead atoms. The van der Waals surface area contributed by atoms with Crippen molar-refractivity contribution in [1.82, 2.24) is 9.97 Å². The number of aromatic nitrogens is 2. The second-order valence-corrected chi connectivity index (χ2v) is 7.14. The Hall–Kier alpha value is -1.95. The van der Waals surface area contributed by atoms with Gasteiger partial charge in [-0.3, -0.25) is 0 Å². The normalized spacial score (nSPS) is 15.7. The lowest BCUT2D eigenvalue weighted by Crippen LogP contribution is -2.54. The molecule has 0 aliphatic carbocycles. The third-order valence-electron chi connectivity index (χ3n) is 4.08. The van der Waals surface area contributed by atoms with Crippen molar-refractivity contribution in [3.63, 3.8) is 0 Å². The summed E-state index contributed by atoms with van der Waals surface area (Å²) in [6.07, 6.45) is 4.22. The van der Waals surface area contributed by atoms with Gasteiger partial charge in [0.25, 0.3) is 0 Å². The number of carbonyl (C=O) groups is 1. The Labute approximate surface area is 150 Å². The highest BCUT2D eigenvalue weighted by Gasteiger charge is 2.30. The Kier molecular flexibility index (Phi) is 5.14. The molecule has 1 fully saturated rings. The fourth-order valence-corrected chi connectivity index (χ4v) is 2.97. The van der Waals surface area contributed by atoms with Crippen LogP contribution in [0.25, 0.3) is 0 Å². The largest absolute Gasteiger partial charge is 0.487 e. The number of ether oxygens (including phenoxy) is 1. The number of halogens is 1. The predicted octanol–water partition coefficient (Wildman–Crippen LogP) is 3.59. The molecule has 1 unspecified atom stereocenters. The van der Waals surface area contributed by atoms with Gasteiger partial charge in [-0.05, 0) is 46.5 Å².